The van der Waals surface area contributed by atoms with Crippen LogP contribution in [0.1, 0.15) is 52.0 Å². The molecule has 124 valence electrons. The van der Waals surface area contributed by atoms with E-state index in [0.717, 1.165) is 32.1 Å². The number of carbonyl (C=O) groups excluding carboxylic acids is 1. The molecule has 1 aliphatic heterocycles. The molecule has 23 heavy (non-hydrogen) atoms. The van der Waals surface area contributed by atoms with Crippen LogP contribution in [0.25, 0.3) is 0 Å². The normalized spacial score (nSPS) is 42.1. The molecular weight excluding hydrogens is 288 g/mol. The summed E-state index contributed by atoms with van der Waals surface area (Å²) < 4.78 is 11.1. The Labute approximate surface area is 138 Å². The molecule has 0 spiro atoms. The highest BCUT2D eigenvalue weighted by Gasteiger charge is 2.67. The van der Waals surface area contributed by atoms with Gasteiger partial charge in [-0.25, -0.2) is 0 Å². The maximum atomic E-state index is 13.0. The number of rotatable bonds is 3. The molecule has 3 heteroatoms. The van der Waals surface area contributed by atoms with Gasteiger partial charge in [-0.1, -0.05) is 25.5 Å². The molecule has 2 aliphatic carbocycles. The molecule has 3 aliphatic rings. The average molecular weight is 314 g/mol. The number of ether oxygens (including phenoxy) is 1. The second-order valence-electron chi connectivity index (χ2n) is 8.04. The van der Waals surface area contributed by atoms with Crippen molar-refractivity contribution in [3.8, 4) is 0 Å². The molecule has 0 amide bonds. The van der Waals surface area contributed by atoms with Crippen LogP contribution in [0, 0.1) is 22.7 Å². The third-order valence-corrected chi connectivity index (χ3v) is 7.24. The SMILES string of the molecule is CC1=CCC[C@H]2C1(C)CC1OC(=O)[C@]2(CCc2ccoc2)[C@H]1C. The van der Waals surface area contributed by atoms with E-state index in [4.69, 9.17) is 9.15 Å². The lowest BCUT2D eigenvalue weighted by Gasteiger charge is -2.54. The Bertz CT molecular complexity index is 644. The summed E-state index contributed by atoms with van der Waals surface area (Å²) >= 11 is 0. The third kappa shape index (κ3) is 1.91. The summed E-state index contributed by atoms with van der Waals surface area (Å²) in [6.45, 7) is 6.84. The summed E-state index contributed by atoms with van der Waals surface area (Å²) in [5.74, 6) is 0.765. The van der Waals surface area contributed by atoms with E-state index in [9.17, 15) is 4.79 Å². The summed E-state index contributed by atoms with van der Waals surface area (Å²) in [6, 6.07) is 2.01. The summed E-state index contributed by atoms with van der Waals surface area (Å²) in [5, 5.41) is 0. The van der Waals surface area contributed by atoms with Crippen LogP contribution in [-0.4, -0.2) is 12.1 Å². The maximum Gasteiger partial charge on any atom is 0.313 e. The molecule has 5 atom stereocenters. The molecule has 2 bridgehead atoms. The van der Waals surface area contributed by atoms with Crippen molar-refractivity contribution in [2.75, 3.05) is 0 Å². The molecule has 0 radical (unpaired) electrons. The molecule has 0 N–H and O–H groups in total. The van der Waals surface area contributed by atoms with E-state index in [2.05, 4.69) is 26.8 Å². The van der Waals surface area contributed by atoms with E-state index in [1.165, 1.54) is 11.1 Å². The topological polar surface area (TPSA) is 39.4 Å². The Hall–Kier alpha value is -1.51. The largest absolute Gasteiger partial charge is 0.472 e. The fourth-order valence-electron chi connectivity index (χ4n) is 5.68. The quantitative estimate of drug-likeness (QED) is 0.608. The monoisotopic (exact) mass is 314 g/mol. The lowest BCUT2D eigenvalue weighted by molar-refractivity contribution is -0.151. The van der Waals surface area contributed by atoms with Crippen LogP contribution in [0.15, 0.2) is 34.7 Å². The van der Waals surface area contributed by atoms with Crippen molar-refractivity contribution in [1.82, 2.24) is 0 Å². The molecule has 1 aromatic rings. The van der Waals surface area contributed by atoms with Crippen molar-refractivity contribution in [3.63, 3.8) is 0 Å². The van der Waals surface area contributed by atoms with Crippen LogP contribution < -0.4 is 0 Å². The molecule has 1 aromatic heterocycles. The summed E-state index contributed by atoms with van der Waals surface area (Å²) in [4.78, 5) is 13.0. The first kappa shape index (κ1) is 15.0. The van der Waals surface area contributed by atoms with Crippen LogP contribution >= 0.6 is 0 Å². The van der Waals surface area contributed by atoms with E-state index >= 15 is 0 Å². The second-order valence-corrected chi connectivity index (χ2v) is 8.04. The van der Waals surface area contributed by atoms with E-state index in [0.29, 0.717) is 11.8 Å². The van der Waals surface area contributed by atoms with Gasteiger partial charge in [0, 0.05) is 5.92 Å². The van der Waals surface area contributed by atoms with Gasteiger partial charge in [-0.05, 0) is 62.0 Å². The zero-order valence-electron chi connectivity index (χ0n) is 14.3. The number of hydrogen-bond acceptors (Lipinski definition) is 3. The number of esters is 1. The fourth-order valence-corrected chi connectivity index (χ4v) is 5.68. The summed E-state index contributed by atoms with van der Waals surface area (Å²) in [5.41, 5.74) is 2.41. The van der Waals surface area contributed by atoms with E-state index in [1.807, 2.05) is 6.07 Å². The highest BCUT2D eigenvalue weighted by Crippen LogP contribution is 2.65. The van der Waals surface area contributed by atoms with Crippen LogP contribution in [0.4, 0.5) is 0 Å². The van der Waals surface area contributed by atoms with Crippen LogP contribution in [0.2, 0.25) is 0 Å². The first-order valence-corrected chi connectivity index (χ1v) is 8.88. The molecule has 2 unspecified atom stereocenters. The predicted octanol–water partition coefficient (Wildman–Crippen LogP) is 4.53. The first-order chi connectivity index (χ1) is 11.0. The predicted molar refractivity (Wildman–Crippen MR) is 87.7 cm³/mol. The molecular formula is C20H26O3. The number of carbonyl (C=O) groups is 1. The van der Waals surface area contributed by atoms with Crippen LogP contribution in [-0.2, 0) is 16.0 Å². The molecule has 3 nitrogen and oxygen atoms in total. The van der Waals surface area contributed by atoms with E-state index in [-0.39, 0.29) is 22.9 Å². The van der Waals surface area contributed by atoms with Gasteiger partial charge in [0.2, 0.25) is 0 Å². The van der Waals surface area contributed by atoms with Crippen LogP contribution in [0.3, 0.4) is 0 Å². The lowest BCUT2D eigenvalue weighted by Crippen LogP contribution is -2.54. The van der Waals surface area contributed by atoms with Crippen molar-refractivity contribution in [2.45, 2.75) is 59.0 Å². The Kier molecular flexibility index (Phi) is 3.26. The number of fused-ring (bicyclic) bond motifs is 4. The number of allylic oxidation sites excluding steroid dienone is 2. The highest BCUT2D eigenvalue weighted by molar-refractivity contribution is 5.81. The summed E-state index contributed by atoms with van der Waals surface area (Å²) in [6.07, 6.45) is 10.9. The molecule has 1 saturated heterocycles. The number of furan rings is 1. The fraction of sp³-hybridized carbons (Fsp3) is 0.650. The Morgan fingerprint density at radius 2 is 2.22 bits per heavy atom. The number of aryl methyl sites for hydroxylation is 1. The minimum Gasteiger partial charge on any atom is -0.472 e. The first-order valence-electron chi connectivity index (χ1n) is 8.88. The van der Waals surface area contributed by atoms with Crippen molar-refractivity contribution >= 4 is 5.97 Å². The summed E-state index contributed by atoms with van der Waals surface area (Å²) in [7, 11) is 0. The Balaban J connectivity index is 1.74. The molecule has 2 fully saturated rings. The maximum absolute atomic E-state index is 13.0. The van der Waals surface area contributed by atoms with Crippen molar-refractivity contribution in [3.05, 3.63) is 35.8 Å². The molecule has 4 rings (SSSR count). The lowest BCUT2D eigenvalue weighted by atomic mass is 9.46. The highest BCUT2D eigenvalue weighted by atomic mass is 16.6. The molecule has 0 aromatic carbocycles. The van der Waals surface area contributed by atoms with Gasteiger partial charge in [-0.2, -0.15) is 0 Å². The average Bonchev–Trinajstić information content (AvgIpc) is 3.08. The Morgan fingerprint density at radius 3 is 2.96 bits per heavy atom. The van der Waals surface area contributed by atoms with Gasteiger partial charge in [-0.3, -0.25) is 4.79 Å². The van der Waals surface area contributed by atoms with Crippen molar-refractivity contribution in [1.29, 1.82) is 0 Å². The van der Waals surface area contributed by atoms with E-state index in [1.54, 1.807) is 12.5 Å². The third-order valence-electron chi connectivity index (χ3n) is 7.24. The molecule has 1 saturated carbocycles. The van der Waals surface area contributed by atoms with Gasteiger partial charge in [0.15, 0.2) is 0 Å². The van der Waals surface area contributed by atoms with Gasteiger partial charge in [0.05, 0.1) is 17.9 Å². The minimum atomic E-state index is -0.329. The van der Waals surface area contributed by atoms with Gasteiger partial charge in [-0.15, -0.1) is 0 Å². The van der Waals surface area contributed by atoms with Gasteiger partial charge in [0.25, 0.3) is 0 Å². The van der Waals surface area contributed by atoms with Crippen molar-refractivity contribution < 1.29 is 13.9 Å². The second kappa shape index (κ2) is 4.99. The van der Waals surface area contributed by atoms with Gasteiger partial charge >= 0.3 is 5.97 Å². The zero-order chi connectivity index (χ0) is 16.2. The minimum absolute atomic E-state index is 0.0573. The Morgan fingerprint density at radius 1 is 1.39 bits per heavy atom. The van der Waals surface area contributed by atoms with E-state index < -0.39 is 0 Å². The van der Waals surface area contributed by atoms with Gasteiger partial charge in [0.1, 0.15) is 6.10 Å². The molecule has 2 heterocycles. The zero-order valence-corrected chi connectivity index (χ0v) is 14.3. The smallest absolute Gasteiger partial charge is 0.313 e. The van der Waals surface area contributed by atoms with Crippen LogP contribution in [0.5, 0.6) is 0 Å². The number of hydrogen-bond donors (Lipinski definition) is 0. The standard InChI is InChI=1S/C20H26O3/c1-13-5-4-6-17-19(13,3)11-16-14(2)20(17,18(21)23-16)9-7-15-8-10-22-12-15/h5,8,10,12,14,16-17H,4,6-7,9,11H2,1-3H3/t14-,16?,17-,19?,20+/m0/s1. The van der Waals surface area contributed by atoms with Crippen molar-refractivity contribution in [2.24, 2.45) is 22.7 Å². The van der Waals surface area contributed by atoms with Gasteiger partial charge < -0.3 is 9.15 Å².